The molecule has 1 saturated heterocycles. The molecule has 1 aliphatic heterocycles. The Kier molecular flexibility index (Phi) is 7.79. The zero-order valence-electron chi connectivity index (χ0n) is 19.8. The van der Waals surface area contributed by atoms with Gasteiger partial charge < -0.3 is 25.2 Å². The van der Waals surface area contributed by atoms with Crippen molar-refractivity contribution < 1.29 is 23.5 Å². The van der Waals surface area contributed by atoms with E-state index in [1.807, 2.05) is 30.3 Å². The molecule has 4 rings (SSSR count). The summed E-state index contributed by atoms with van der Waals surface area (Å²) in [5.41, 5.74) is 1.77. The third-order valence-corrected chi connectivity index (χ3v) is 5.97. The molecule has 1 unspecified atom stereocenters. The first-order valence-electron chi connectivity index (χ1n) is 11.5. The number of methoxy groups -OCH3 is 1. The van der Waals surface area contributed by atoms with Crippen molar-refractivity contribution in [2.24, 2.45) is 0 Å². The molecule has 0 bridgehead atoms. The molecule has 1 fully saturated rings. The van der Waals surface area contributed by atoms with E-state index >= 15 is 0 Å². The second kappa shape index (κ2) is 11.4. The van der Waals surface area contributed by atoms with Crippen molar-refractivity contribution in [2.45, 2.75) is 12.6 Å². The van der Waals surface area contributed by atoms with Crippen molar-refractivity contribution in [3.63, 3.8) is 0 Å². The Morgan fingerprint density at radius 3 is 2.31 bits per heavy atom. The number of nitrogens with one attached hydrogen (secondary N) is 2. The van der Waals surface area contributed by atoms with Crippen molar-refractivity contribution in [1.29, 1.82) is 0 Å². The number of rotatable bonds is 6. The van der Waals surface area contributed by atoms with Gasteiger partial charge in [0.25, 0.3) is 5.91 Å². The number of nitrogens with zero attached hydrogens (tertiary/aromatic N) is 2. The molecule has 9 heteroatoms. The number of urea groups is 1. The Labute approximate surface area is 208 Å². The highest BCUT2D eigenvalue weighted by atomic mass is 19.1. The number of piperazine rings is 1. The molecule has 0 radical (unpaired) electrons. The highest BCUT2D eigenvalue weighted by Gasteiger charge is 2.37. The van der Waals surface area contributed by atoms with Gasteiger partial charge in [-0.05, 0) is 54.1 Å². The van der Waals surface area contributed by atoms with Gasteiger partial charge in [0, 0.05) is 30.9 Å². The van der Waals surface area contributed by atoms with Crippen LogP contribution < -0.4 is 15.4 Å². The summed E-state index contributed by atoms with van der Waals surface area (Å²) in [6.45, 7) is 0.709. The number of benzene rings is 3. The zero-order valence-corrected chi connectivity index (χ0v) is 19.8. The van der Waals surface area contributed by atoms with E-state index in [0.29, 0.717) is 23.5 Å². The van der Waals surface area contributed by atoms with E-state index in [-0.39, 0.29) is 31.4 Å². The number of amides is 4. The van der Waals surface area contributed by atoms with Gasteiger partial charge in [0.05, 0.1) is 13.7 Å². The Bertz CT molecular complexity index is 1200. The predicted molar refractivity (Wildman–Crippen MR) is 133 cm³/mol. The van der Waals surface area contributed by atoms with E-state index in [4.69, 9.17) is 4.74 Å². The molecule has 0 spiro atoms. The topological polar surface area (TPSA) is 91.0 Å². The van der Waals surface area contributed by atoms with E-state index in [2.05, 4.69) is 10.6 Å². The monoisotopic (exact) mass is 490 g/mol. The molecular weight excluding hydrogens is 463 g/mol. The molecule has 3 aromatic carbocycles. The van der Waals surface area contributed by atoms with Gasteiger partial charge in [-0.25, -0.2) is 9.18 Å². The largest absolute Gasteiger partial charge is 0.497 e. The van der Waals surface area contributed by atoms with Crippen LogP contribution in [0, 0.1) is 5.82 Å². The first-order chi connectivity index (χ1) is 17.4. The van der Waals surface area contributed by atoms with Crippen molar-refractivity contribution in [2.75, 3.05) is 32.1 Å². The van der Waals surface area contributed by atoms with E-state index < -0.39 is 17.9 Å². The van der Waals surface area contributed by atoms with Crippen LogP contribution in [0.5, 0.6) is 5.75 Å². The maximum absolute atomic E-state index is 13.3. The van der Waals surface area contributed by atoms with Crippen LogP contribution in [0.2, 0.25) is 0 Å². The molecule has 1 heterocycles. The fourth-order valence-electron chi connectivity index (χ4n) is 3.97. The van der Waals surface area contributed by atoms with Crippen molar-refractivity contribution in [1.82, 2.24) is 15.1 Å². The molecule has 1 aliphatic rings. The number of carbonyl (C=O) groups is 3. The van der Waals surface area contributed by atoms with Gasteiger partial charge in [-0.2, -0.15) is 0 Å². The lowest BCUT2D eigenvalue weighted by atomic mass is 10.1. The van der Waals surface area contributed by atoms with Gasteiger partial charge in [-0.3, -0.25) is 9.59 Å². The number of ether oxygens (including phenoxy) is 1. The quantitative estimate of drug-likeness (QED) is 0.553. The van der Waals surface area contributed by atoms with Gasteiger partial charge >= 0.3 is 6.03 Å². The summed E-state index contributed by atoms with van der Waals surface area (Å²) in [4.78, 5) is 42.5. The molecule has 36 heavy (non-hydrogen) atoms. The highest BCUT2D eigenvalue weighted by molar-refractivity contribution is 5.98. The number of anilines is 1. The number of carbonyl (C=O) groups excluding carboxylic acids is 3. The van der Waals surface area contributed by atoms with Gasteiger partial charge in [0.2, 0.25) is 5.91 Å². The lowest BCUT2D eigenvalue weighted by molar-refractivity contribution is -0.127. The smallest absolute Gasteiger partial charge is 0.321 e. The minimum atomic E-state index is -0.893. The average molecular weight is 491 g/mol. The third kappa shape index (κ3) is 5.99. The molecule has 8 nitrogen and oxygen atoms in total. The SMILES string of the molecule is COc1ccc(C(=O)N2CCN(C(=O)Nc3ccc(F)cc3)CC2C(=O)NCc2ccccc2)cc1. The minimum absolute atomic E-state index is 0.00947. The number of hydrogen-bond acceptors (Lipinski definition) is 4. The predicted octanol–water partition coefficient (Wildman–Crippen LogP) is 3.51. The fraction of sp³-hybridized carbons (Fsp3) is 0.222. The third-order valence-electron chi connectivity index (χ3n) is 5.97. The van der Waals surface area contributed by atoms with Crippen LogP contribution in [-0.4, -0.2) is 60.4 Å². The average Bonchev–Trinajstić information content (AvgIpc) is 2.93. The van der Waals surface area contributed by atoms with E-state index in [9.17, 15) is 18.8 Å². The van der Waals surface area contributed by atoms with Crippen LogP contribution in [0.25, 0.3) is 0 Å². The Morgan fingerprint density at radius 2 is 1.64 bits per heavy atom. The van der Waals surface area contributed by atoms with Crippen LogP contribution in [0.4, 0.5) is 14.9 Å². The minimum Gasteiger partial charge on any atom is -0.497 e. The molecule has 4 amide bonds. The first kappa shape index (κ1) is 24.7. The molecule has 186 valence electrons. The normalized spacial score (nSPS) is 15.2. The molecule has 1 atom stereocenters. The summed E-state index contributed by atoms with van der Waals surface area (Å²) >= 11 is 0. The van der Waals surface area contributed by atoms with E-state index in [1.165, 1.54) is 34.1 Å². The molecule has 0 aliphatic carbocycles. The first-order valence-corrected chi connectivity index (χ1v) is 11.5. The zero-order chi connectivity index (χ0) is 25.5. The highest BCUT2D eigenvalue weighted by Crippen LogP contribution is 2.19. The second-order valence-electron chi connectivity index (χ2n) is 8.33. The van der Waals surface area contributed by atoms with Crippen LogP contribution in [0.3, 0.4) is 0 Å². The maximum atomic E-state index is 13.3. The van der Waals surface area contributed by atoms with E-state index in [1.54, 1.807) is 31.4 Å². The Balaban J connectivity index is 1.50. The van der Waals surface area contributed by atoms with Crippen LogP contribution in [0.1, 0.15) is 15.9 Å². The Hall–Kier alpha value is -4.40. The molecule has 0 aromatic heterocycles. The van der Waals surface area contributed by atoms with Crippen molar-refractivity contribution >= 4 is 23.5 Å². The Morgan fingerprint density at radius 1 is 0.944 bits per heavy atom. The summed E-state index contributed by atoms with van der Waals surface area (Å²) < 4.78 is 18.4. The van der Waals surface area contributed by atoms with Gasteiger partial charge in [-0.1, -0.05) is 30.3 Å². The number of hydrogen-bond donors (Lipinski definition) is 2. The summed E-state index contributed by atoms with van der Waals surface area (Å²) in [6.07, 6.45) is 0. The fourth-order valence-corrected chi connectivity index (χ4v) is 3.97. The molecule has 0 saturated carbocycles. The lowest BCUT2D eigenvalue weighted by Crippen LogP contribution is -2.62. The maximum Gasteiger partial charge on any atom is 0.321 e. The summed E-state index contributed by atoms with van der Waals surface area (Å²) in [5, 5.41) is 5.60. The lowest BCUT2D eigenvalue weighted by Gasteiger charge is -2.40. The number of halogens is 1. The summed E-state index contributed by atoms with van der Waals surface area (Å²) in [5.74, 6) is -0.462. The molecule has 3 aromatic rings. The van der Waals surface area contributed by atoms with Crippen molar-refractivity contribution in [3.05, 3.63) is 95.8 Å². The summed E-state index contributed by atoms with van der Waals surface area (Å²) in [7, 11) is 1.54. The van der Waals surface area contributed by atoms with Gasteiger partial charge in [0.15, 0.2) is 0 Å². The standard InChI is InChI=1S/C27H27FN4O4/c1-36-23-13-7-20(8-14-23)26(34)32-16-15-31(27(35)30-22-11-9-21(28)10-12-22)18-24(32)25(33)29-17-19-5-3-2-4-6-19/h2-14,24H,15-18H2,1H3,(H,29,33)(H,30,35). The van der Waals surface area contributed by atoms with Gasteiger partial charge in [-0.15, -0.1) is 0 Å². The van der Waals surface area contributed by atoms with Gasteiger partial charge in [0.1, 0.15) is 17.6 Å². The second-order valence-corrected chi connectivity index (χ2v) is 8.33. The van der Waals surface area contributed by atoms with Crippen LogP contribution in [0.15, 0.2) is 78.9 Å². The van der Waals surface area contributed by atoms with Crippen molar-refractivity contribution in [3.8, 4) is 5.75 Å². The molecule has 2 N–H and O–H groups in total. The molecular formula is C27H27FN4O4. The van der Waals surface area contributed by atoms with E-state index in [0.717, 1.165) is 5.56 Å². The summed E-state index contributed by atoms with van der Waals surface area (Å²) in [6, 6.07) is 20.2. The van der Waals surface area contributed by atoms with Crippen LogP contribution >= 0.6 is 0 Å². The van der Waals surface area contributed by atoms with Crippen LogP contribution in [-0.2, 0) is 11.3 Å².